The summed E-state index contributed by atoms with van der Waals surface area (Å²) in [6.45, 7) is 3.89. The summed E-state index contributed by atoms with van der Waals surface area (Å²) in [5.74, 6) is 2.06. The van der Waals surface area contributed by atoms with Crippen molar-refractivity contribution in [3.63, 3.8) is 0 Å². The van der Waals surface area contributed by atoms with Gasteiger partial charge in [-0.05, 0) is 29.8 Å². The molecule has 0 bridgehead atoms. The summed E-state index contributed by atoms with van der Waals surface area (Å²) >= 11 is 1.63. The molecular weight excluding hydrogens is 470 g/mol. The molecule has 36 heavy (non-hydrogen) atoms. The van der Waals surface area contributed by atoms with Crippen molar-refractivity contribution >= 4 is 43.5 Å². The highest BCUT2D eigenvalue weighted by molar-refractivity contribution is 7.17. The Morgan fingerprint density at radius 1 is 0.861 bits per heavy atom. The third-order valence-electron chi connectivity index (χ3n) is 6.56. The van der Waals surface area contributed by atoms with Crippen LogP contribution in [0.2, 0.25) is 0 Å². The summed E-state index contributed by atoms with van der Waals surface area (Å²) in [5.41, 5.74) is 3.91. The normalized spacial score (nSPS) is 14.7. The molecule has 1 aliphatic rings. The Morgan fingerprint density at radius 3 is 2.56 bits per heavy atom. The number of rotatable bonds is 5. The number of ether oxygens (including phenoxy) is 2. The fourth-order valence-corrected chi connectivity index (χ4v) is 5.72. The van der Waals surface area contributed by atoms with Crippen LogP contribution in [0.1, 0.15) is 5.82 Å². The van der Waals surface area contributed by atoms with Gasteiger partial charge in [-0.25, -0.2) is 4.98 Å². The molecule has 1 saturated heterocycles. The lowest BCUT2D eigenvalue weighted by atomic mass is 10.1. The molecule has 3 aromatic carbocycles. The van der Waals surface area contributed by atoms with Gasteiger partial charge in [-0.15, -0.1) is 11.3 Å². The van der Waals surface area contributed by atoms with Crippen molar-refractivity contribution in [2.45, 2.75) is 6.54 Å². The highest BCUT2D eigenvalue weighted by Gasteiger charge is 2.20. The van der Waals surface area contributed by atoms with Crippen LogP contribution in [0.25, 0.3) is 43.3 Å². The predicted octanol–water partition coefficient (Wildman–Crippen LogP) is 6.88. The van der Waals surface area contributed by atoms with Gasteiger partial charge in [0.05, 0.1) is 25.1 Å². The fourth-order valence-electron chi connectivity index (χ4n) is 4.77. The van der Waals surface area contributed by atoms with Gasteiger partial charge >= 0.3 is 0 Å². The summed E-state index contributed by atoms with van der Waals surface area (Å²) in [5, 5.41) is 5.18. The monoisotopic (exact) mass is 493 g/mol. The summed E-state index contributed by atoms with van der Waals surface area (Å²) in [6.07, 6.45) is 0. The third-order valence-corrected chi connectivity index (χ3v) is 7.44. The van der Waals surface area contributed by atoms with E-state index in [0.717, 1.165) is 81.2 Å². The molecule has 3 aromatic heterocycles. The second-order valence-electron chi connectivity index (χ2n) is 8.89. The highest BCUT2D eigenvalue weighted by Crippen LogP contribution is 2.40. The van der Waals surface area contributed by atoms with Crippen LogP contribution in [0.3, 0.4) is 0 Å². The third kappa shape index (κ3) is 3.91. The molecule has 4 heterocycles. The van der Waals surface area contributed by atoms with Crippen molar-refractivity contribution in [3.8, 4) is 22.8 Å². The first kappa shape index (κ1) is 21.5. The molecule has 0 aliphatic carbocycles. The zero-order chi connectivity index (χ0) is 23.9. The van der Waals surface area contributed by atoms with Crippen LogP contribution in [-0.4, -0.2) is 41.2 Å². The van der Waals surface area contributed by atoms with E-state index in [1.807, 2.05) is 54.6 Å². The van der Waals surface area contributed by atoms with Crippen molar-refractivity contribution in [2.24, 2.45) is 0 Å². The van der Waals surface area contributed by atoms with Crippen LogP contribution >= 0.6 is 11.3 Å². The first-order chi connectivity index (χ1) is 17.8. The van der Waals surface area contributed by atoms with E-state index >= 15 is 0 Å². The maximum atomic E-state index is 6.54. The maximum Gasteiger partial charge on any atom is 0.232 e. The SMILES string of the molecule is c1ccc(-c2csc3nc(CN4CCOCC4)nc(Oc4ccc5oc6ccccc6c5c4)c23)cc1. The van der Waals surface area contributed by atoms with E-state index < -0.39 is 0 Å². The van der Waals surface area contributed by atoms with E-state index in [9.17, 15) is 0 Å². The van der Waals surface area contributed by atoms with Crippen LogP contribution in [0, 0.1) is 0 Å². The molecule has 1 aliphatic heterocycles. The van der Waals surface area contributed by atoms with E-state index in [1.54, 1.807) is 11.3 Å². The lowest BCUT2D eigenvalue weighted by Crippen LogP contribution is -2.36. The molecule has 0 saturated carbocycles. The zero-order valence-electron chi connectivity index (χ0n) is 19.5. The quantitative estimate of drug-likeness (QED) is 0.261. The van der Waals surface area contributed by atoms with Gasteiger partial charge in [-0.2, -0.15) is 4.98 Å². The number of aromatic nitrogens is 2. The molecule has 0 radical (unpaired) electrons. The predicted molar refractivity (Wildman–Crippen MR) is 143 cm³/mol. The van der Waals surface area contributed by atoms with Gasteiger partial charge in [-0.3, -0.25) is 4.90 Å². The van der Waals surface area contributed by atoms with Crippen molar-refractivity contribution < 1.29 is 13.9 Å². The van der Waals surface area contributed by atoms with Gasteiger partial charge in [-0.1, -0.05) is 48.5 Å². The molecule has 0 atom stereocenters. The van der Waals surface area contributed by atoms with Crippen molar-refractivity contribution in [2.75, 3.05) is 26.3 Å². The number of hydrogen-bond donors (Lipinski definition) is 0. The van der Waals surface area contributed by atoms with Crippen LogP contribution in [-0.2, 0) is 11.3 Å². The molecule has 7 heteroatoms. The Morgan fingerprint density at radius 2 is 1.67 bits per heavy atom. The highest BCUT2D eigenvalue weighted by atomic mass is 32.1. The summed E-state index contributed by atoms with van der Waals surface area (Å²) in [7, 11) is 0. The molecule has 6 nitrogen and oxygen atoms in total. The van der Waals surface area contributed by atoms with Gasteiger partial charge < -0.3 is 13.9 Å². The number of thiophene rings is 1. The molecule has 0 amide bonds. The maximum absolute atomic E-state index is 6.54. The topological polar surface area (TPSA) is 60.6 Å². The van der Waals surface area contributed by atoms with Crippen LogP contribution in [0.5, 0.6) is 11.6 Å². The molecule has 0 spiro atoms. The van der Waals surface area contributed by atoms with Crippen molar-refractivity contribution in [3.05, 3.63) is 84.0 Å². The first-order valence-corrected chi connectivity index (χ1v) is 12.9. The van der Waals surface area contributed by atoms with Crippen molar-refractivity contribution in [1.82, 2.24) is 14.9 Å². The lowest BCUT2D eigenvalue weighted by Gasteiger charge is -2.25. The Labute approximate surface area is 211 Å². The van der Waals surface area contributed by atoms with Crippen LogP contribution < -0.4 is 4.74 Å². The smallest absolute Gasteiger partial charge is 0.232 e. The minimum absolute atomic E-state index is 0.579. The lowest BCUT2D eigenvalue weighted by molar-refractivity contribution is 0.0330. The minimum atomic E-state index is 0.579. The Balaban J connectivity index is 1.34. The Hall–Kier alpha value is -3.78. The Bertz CT molecular complexity index is 1690. The van der Waals surface area contributed by atoms with Gasteiger partial charge in [0.25, 0.3) is 0 Å². The van der Waals surface area contributed by atoms with Crippen LogP contribution in [0.15, 0.2) is 82.6 Å². The van der Waals surface area contributed by atoms with Gasteiger partial charge in [0.15, 0.2) is 0 Å². The number of furan rings is 1. The van der Waals surface area contributed by atoms with Gasteiger partial charge in [0.2, 0.25) is 5.88 Å². The summed E-state index contributed by atoms with van der Waals surface area (Å²) < 4.78 is 18.0. The number of nitrogens with zero attached hydrogens (tertiary/aromatic N) is 3. The number of para-hydroxylation sites is 1. The second kappa shape index (κ2) is 9.02. The number of morpholine rings is 1. The molecular formula is C29H23N3O3S. The van der Waals surface area contributed by atoms with E-state index in [0.29, 0.717) is 12.4 Å². The van der Waals surface area contributed by atoms with E-state index in [1.165, 1.54) is 0 Å². The minimum Gasteiger partial charge on any atom is -0.456 e. The number of benzene rings is 3. The van der Waals surface area contributed by atoms with E-state index in [-0.39, 0.29) is 0 Å². The summed E-state index contributed by atoms with van der Waals surface area (Å²) in [4.78, 5) is 13.1. The molecule has 1 fully saturated rings. The zero-order valence-corrected chi connectivity index (χ0v) is 20.3. The average Bonchev–Trinajstić information content (AvgIpc) is 3.51. The van der Waals surface area contributed by atoms with Crippen molar-refractivity contribution in [1.29, 1.82) is 0 Å². The number of hydrogen-bond acceptors (Lipinski definition) is 7. The molecule has 7 rings (SSSR count). The largest absolute Gasteiger partial charge is 0.456 e. The van der Waals surface area contributed by atoms with E-state index in [2.05, 4.69) is 28.5 Å². The fraction of sp³-hybridized carbons (Fsp3) is 0.172. The molecule has 178 valence electrons. The molecule has 6 aromatic rings. The first-order valence-electron chi connectivity index (χ1n) is 12.0. The molecule has 0 N–H and O–H groups in total. The van der Waals surface area contributed by atoms with Crippen LogP contribution in [0.4, 0.5) is 0 Å². The second-order valence-corrected chi connectivity index (χ2v) is 9.75. The van der Waals surface area contributed by atoms with Gasteiger partial charge in [0, 0.05) is 34.8 Å². The van der Waals surface area contributed by atoms with Gasteiger partial charge in [0.1, 0.15) is 27.6 Å². The average molecular weight is 494 g/mol. The Kier molecular flexibility index (Phi) is 5.39. The standard InChI is InChI=1S/C29H23N3O3S/c1-2-6-19(7-3-1)23-18-36-29-27(23)28(30-26(31-29)17-32-12-14-33-15-13-32)34-20-10-11-25-22(16-20)21-8-4-5-9-24(21)35-25/h1-11,16,18H,12-15,17H2. The molecule has 0 unspecified atom stereocenters. The summed E-state index contributed by atoms with van der Waals surface area (Å²) in [6, 6.07) is 24.3. The number of fused-ring (bicyclic) bond motifs is 4. The van der Waals surface area contributed by atoms with E-state index in [4.69, 9.17) is 23.9 Å².